The molecule has 84 valence electrons. The molecule has 0 N–H and O–H groups in total. The van der Waals surface area contributed by atoms with Crippen LogP contribution >= 0.6 is 15.9 Å². The second kappa shape index (κ2) is 4.04. The Hall–Kier alpha value is -1.54. The summed E-state index contributed by atoms with van der Waals surface area (Å²) in [5.74, 6) is 0.922. The SMILES string of the molecule is COc1cccc2ccc3ccc(Br)cc3c12. The standard InChI is InChI=1S/C15H11BrO/c1-17-14-4-2-3-11-6-5-10-7-8-12(16)9-13(10)15(11)14/h2-9H,1H3. The molecule has 17 heavy (non-hydrogen) atoms. The summed E-state index contributed by atoms with van der Waals surface area (Å²) in [6.07, 6.45) is 0. The largest absolute Gasteiger partial charge is 0.496 e. The fourth-order valence-electron chi connectivity index (χ4n) is 2.22. The molecule has 0 aromatic heterocycles. The van der Waals surface area contributed by atoms with E-state index in [0.717, 1.165) is 10.2 Å². The normalized spacial score (nSPS) is 10.9. The van der Waals surface area contributed by atoms with E-state index in [1.807, 2.05) is 12.1 Å². The van der Waals surface area contributed by atoms with E-state index in [-0.39, 0.29) is 0 Å². The summed E-state index contributed by atoms with van der Waals surface area (Å²) in [5.41, 5.74) is 0. The lowest BCUT2D eigenvalue weighted by atomic mass is 10.0. The minimum absolute atomic E-state index is 0.922. The molecule has 3 rings (SSSR count). The molecule has 0 aliphatic rings. The van der Waals surface area contributed by atoms with E-state index in [1.165, 1.54) is 21.5 Å². The molecule has 3 aromatic rings. The van der Waals surface area contributed by atoms with Crippen LogP contribution in [0.25, 0.3) is 21.5 Å². The van der Waals surface area contributed by atoms with Crippen LogP contribution in [0, 0.1) is 0 Å². The van der Waals surface area contributed by atoms with Gasteiger partial charge in [0.25, 0.3) is 0 Å². The number of benzene rings is 3. The fourth-order valence-corrected chi connectivity index (χ4v) is 2.58. The van der Waals surface area contributed by atoms with Gasteiger partial charge in [-0.1, -0.05) is 46.3 Å². The average molecular weight is 287 g/mol. The molecule has 1 nitrogen and oxygen atoms in total. The Labute approximate surface area is 108 Å². The van der Waals surface area contributed by atoms with Crippen LogP contribution in [-0.2, 0) is 0 Å². The van der Waals surface area contributed by atoms with Gasteiger partial charge in [0, 0.05) is 9.86 Å². The monoisotopic (exact) mass is 286 g/mol. The van der Waals surface area contributed by atoms with E-state index in [1.54, 1.807) is 7.11 Å². The van der Waals surface area contributed by atoms with E-state index >= 15 is 0 Å². The van der Waals surface area contributed by atoms with Gasteiger partial charge in [-0.05, 0) is 34.4 Å². The van der Waals surface area contributed by atoms with E-state index in [2.05, 4.69) is 52.3 Å². The van der Waals surface area contributed by atoms with Gasteiger partial charge in [-0.15, -0.1) is 0 Å². The van der Waals surface area contributed by atoms with Crippen molar-refractivity contribution in [2.75, 3.05) is 7.11 Å². The van der Waals surface area contributed by atoms with Crippen LogP contribution in [0.1, 0.15) is 0 Å². The van der Waals surface area contributed by atoms with Crippen molar-refractivity contribution in [1.82, 2.24) is 0 Å². The summed E-state index contributed by atoms with van der Waals surface area (Å²) in [6.45, 7) is 0. The van der Waals surface area contributed by atoms with Gasteiger partial charge in [0.1, 0.15) is 5.75 Å². The molecule has 0 aliphatic heterocycles. The molecule has 3 aromatic carbocycles. The van der Waals surface area contributed by atoms with Crippen LogP contribution in [0.15, 0.2) is 53.0 Å². The van der Waals surface area contributed by atoms with Crippen molar-refractivity contribution in [1.29, 1.82) is 0 Å². The van der Waals surface area contributed by atoms with Gasteiger partial charge in [0.15, 0.2) is 0 Å². The quantitative estimate of drug-likeness (QED) is 0.586. The summed E-state index contributed by atoms with van der Waals surface area (Å²) < 4.78 is 6.55. The highest BCUT2D eigenvalue weighted by molar-refractivity contribution is 9.10. The number of fused-ring (bicyclic) bond motifs is 3. The van der Waals surface area contributed by atoms with Crippen molar-refractivity contribution >= 4 is 37.5 Å². The third-order valence-corrected chi connectivity index (χ3v) is 3.50. The number of ether oxygens (including phenoxy) is 1. The van der Waals surface area contributed by atoms with Gasteiger partial charge < -0.3 is 4.74 Å². The summed E-state index contributed by atoms with van der Waals surface area (Å²) in [6, 6.07) is 16.7. The third-order valence-electron chi connectivity index (χ3n) is 3.01. The minimum Gasteiger partial charge on any atom is -0.496 e. The Morgan fingerprint density at radius 2 is 1.71 bits per heavy atom. The average Bonchev–Trinajstić information content (AvgIpc) is 2.37. The van der Waals surface area contributed by atoms with Crippen molar-refractivity contribution in [2.45, 2.75) is 0 Å². The van der Waals surface area contributed by atoms with Crippen LogP contribution < -0.4 is 4.74 Å². The lowest BCUT2D eigenvalue weighted by Gasteiger charge is -2.09. The zero-order chi connectivity index (χ0) is 11.8. The lowest BCUT2D eigenvalue weighted by Crippen LogP contribution is -1.86. The van der Waals surface area contributed by atoms with Crippen LogP contribution in [-0.4, -0.2) is 7.11 Å². The number of hydrogen-bond acceptors (Lipinski definition) is 1. The first-order valence-corrected chi connectivity index (χ1v) is 6.24. The smallest absolute Gasteiger partial charge is 0.127 e. The van der Waals surface area contributed by atoms with Gasteiger partial charge in [-0.25, -0.2) is 0 Å². The Morgan fingerprint density at radius 3 is 2.53 bits per heavy atom. The molecule has 0 spiro atoms. The second-order valence-electron chi connectivity index (χ2n) is 3.99. The van der Waals surface area contributed by atoms with Crippen molar-refractivity contribution in [2.24, 2.45) is 0 Å². The molecule has 2 heteroatoms. The fraction of sp³-hybridized carbons (Fsp3) is 0.0667. The Kier molecular flexibility index (Phi) is 2.52. The molecular formula is C15H11BrO. The molecule has 0 atom stereocenters. The van der Waals surface area contributed by atoms with Crippen LogP contribution in [0.5, 0.6) is 5.75 Å². The van der Waals surface area contributed by atoms with E-state index < -0.39 is 0 Å². The van der Waals surface area contributed by atoms with Gasteiger partial charge in [-0.2, -0.15) is 0 Å². The summed E-state index contributed by atoms with van der Waals surface area (Å²) >= 11 is 3.52. The lowest BCUT2D eigenvalue weighted by molar-refractivity contribution is 0.420. The maximum absolute atomic E-state index is 5.46. The molecule has 0 unspecified atom stereocenters. The molecular weight excluding hydrogens is 276 g/mol. The van der Waals surface area contributed by atoms with Crippen molar-refractivity contribution in [3.63, 3.8) is 0 Å². The van der Waals surface area contributed by atoms with Gasteiger partial charge in [0.2, 0.25) is 0 Å². The highest BCUT2D eigenvalue weighted by atomic mass is 79.9. The third kappa shape index (κ3) is 1.69. The van der Waals surface area contributed by atoms with Crippen molar-refractivity contribution < 1.29 is 4.74 Å². The predicted octanol–water partition coefficient (Wildman–Crippen LogP) is 4.76. The summed E-state index contributed by atoms with van der Waals surface area (Å²) in [4.78, 5) is 0. The number of rotatable bonds is 1. The maximum Gasteiger partial charge on any atom is 0.127 e. The maximum atomic E-state index is 5.46. The van der Waals surface area contributed by atoms with Gasteiger partial charge in [0.05, 0.1) is 7.11 Å². The number of halogens is 1. The molecule has 0 radical (unpaired) electrons. The topological polar surface area (TPSA) is 9.23 Å². The highest BCUT2D eigenvalue weighted by Gasteiger charge is 2.06. The molecule has 0 heterocycles. The van der Waals surface area contributed by atoms with E-state index in [0.29, 0.717) is 0 Å². The molecule has 0 bridgehead atoms. The predicted molar refractivity (Wildman–Crippen MR) is 75.7 cm³/mol. The van der Waals surface area contributed by atoms with Crippen LogP contribution in [0.3, 0.4) is 0 Å². The molecule has 0 fully saturated rings. The molecule has 0 saturated heterocycles. The summed E-state index contributed by atoms with van der Waals surface area (Å²) in [7, 11) is 1.71. The molecule has 0 amide bonds. The van der Waals surface area contributed by atoms with E-state index in [4.69, 9.17) is 4.74 Å². The Balaban J connectivity index is 2.56. The van der Waals surface area contributed by atoms with Crippen molar-refractivity contribution in [3.8, 4) is 5.75 Å². The Morgan fingerprint density at radius 1 is 0.941 bits per heavy atom. The first-order chi connectivity index (χ1) is 8.29. The van der Waals surface area contributed by atoms with Gasteiger partial charge in [-0.3, -0.25) is 0 Å². The highest BCUT2D eigenvalue weighted by Crippen LogP contribution is 2.33. The summed E-state index contributed by atoms with van der Waals surface area (Å²) in [5, 5.41) is 4.82. The van der Waals surface area contributed by atoms with E-state index in [9.17, 15) is 0 Å². The first-order valence-electron chi connectivity index (χ1n) is 5.44. The van der Waals surface area contributed by atoms with Crippen LogP contribution in [0.4, 0.5) is 0 Å². The van der Waals surface area contributed by atoms with Crippen LogP contribution in [0.2, 0.25) is 0 Å². The minimum atomic E-state index is 0.922. The zero-order valence-corrected chi connectivity index (χ0v) is 11.0. The zero-order valence-electron chi connectivity index (χ0n) is 9.41. The first kappa shape index (κ1) is 10.6. The van der Waals surface area contributed by atoms with Crippen molar-refractivity contribution in [3.05, 3.63) is 53.0 Å². The number of hydrogen-bond donors (Lipinski definition) is 0. The molecule has 0 aliphatic carbocycles. The number of methoxy groups -OCH3 is 1. The Bertz CT molecular complexity index is 704. The van der Waals surface area contributed by atoms with Gasteiger partial charge >= 0.3 is 0 Å². The molecule has 0 saturated carbocycles. The second-order valence-corrected chi connectivity index (χ2v) is 4.91.